The molecule has 1 aromatic rings. The summed E-state index contributed by atoms with van der Waals surface area (Å²) in [6.45, 7) is 4.72. The van der Waals surface area contributed by atoms with E-state index in [-0.39, 0.29) is 12.2 Å². The molecule has 0 bridgehead atoms. The average molecular weight is 329 g/mol. The van der Waals surface area contributed by atoms with Crippen LogP contribution in [0, 0.1) is 5.92 Å². The number of ketones is 1. The molecule has 1 aromatic carbocycles. The van der Waals surface area contributed by atoms with E-state index in [4.69, 9.17) is 27.9 Å². The summed E-state index contributed by atoms with van der Waals surface area (Å²) in [5.41, 5.74) is 0.0626. The molecule has 1 aliphatic carbocycles. The standard InChI is InChI=1S/C17H22Cl2O2/c1-3-21-17(9-7-12(2)8-10-17)16(20)11-13-14(18)5-4-6-15(13)19/h4-6,12H,3,7-11H2,1-2H3. The van der Waals surface area contributed by atoms with E-state index in [0.29, 0.717) is 28.1 Å². The number of hydrogen-bond acceptors (Lipinski definition) is 2. The first kappa shape index (κ1) is 16.8. The summed E-state index contributed by atoms with van der Waals surface area (Å²) in [4.78, 5) is 12.8. The maximum Gasteiger partial charge on any atom is 0.169 e. The minimum Gasteiger partial charge on any atom is -0.367 e. The fourth-order valence-electron chi connectivity index (χ4n) is 3.03. The zero-order valence-corrected chi connectivity index (χ0v) is 14.1. The second kappa shape index (κ2) is 7.13. The number of ether oxygens (including phenoxy) is 1. The van der Waals surface area contributed by atoms with Gasteiger partial charge in [0.25, 0.3) is 0 Å². The van der Waals surface area contributed by atoms with Crippen molar-refractivity contribution in [2.45, 2.75) is 51.6 Å². The van der Waals surface area contributed by atoms with Crippen LogP contribution in [0.25, 0.3) is 0 Å². The Kier molecular flexibility index (Phi) is 5.70. The molecule has 0 radical (unpaired) electrons. The van der Waals surface area contributed by atoms with Gasteiger partial charge in [-0.15, -0.1) is 0 Å². The fourth-order valence-corrected chi connectivity index (χ4v) is 3.56. The third kappa shape index (κ3) is 3.80. The smallest absolute Gasteiger partial charge is 0.169 e. The van der Waals surface area contributed by atoms with Crippen LogP contribution in [0.2, 0.25) is 10.0 Å². The molecule has 0 aromatic heterocycles. The predicted octanol–water partition coefficient (Wildman–Crippen LogP) is 5.09. The van der Waals surface area contributed by atoms with Gasteiger partial charge in [-0.3, -0.25) is 4.79 Å². The van der Waals surface area contributed by atoms with E-state index in [1.165, 1.54) is 0 Å². The highest BCUT2D eigenvalue weighted by molar-refractivity contribution is 6.36. The van der Waals surface area contributed by atoms with Gasteiger partial charge in [0.05, 0.1) is 0 Å². The maximum absolute atomic E-state index is 12.8. The summed E-state index contributed by atoms with van der Waals surface area (Å²) in [6, 6.07) is 5.33. The average Bonchev–Trinajstić information content (AvgIpc) is 2.46. The molecular formula is C17H22Cl2O2. The molecule has 116 valence electrons. The van der Waals surface area contributed by atoms with Crippen molar-refractivity contribution in [3.8, 4) is 0 Å². The highest BCUT2D eigenvalue weighted by Crippen LogP contribution is 2.37. The summed E-state index contributed by atoms with van der Waals surface area (Å²) in [7, 11) is 0. The van der Waals surface area contributed by atoms with Gasteiger partial charge in [-0.2, -0.15) is 0 Å². The van der Waals surface area contributed by atoms with Crippen LogP contribution in [0.5, 0.6) is 0 Å². The van der Waals surface area contributed by atoms with Crippen molar-refractivity contribution in [1.82, 2.24) is 0 Å². The zero-order chi connectivity index (χ0) is 15.5. The maximum atomic E-state index is 12.8. The molecule has 2 rings (SSSR count). The van der Waals surface area contributed by atoms with Gasteiger partial charge in [-0.1, -0.05) is 36.2 Å². The first-order valence-electron chi connectivity index (χ1n) is 7.58. The normalized spacial score (nSPS) is 25.8. The molecule has 4 heteroatoms. The summed E-state index contributed by atoms with van der Waals surface area (Å²) in [5, 5.41) is 1.10. The van der Waals surface area contributed by atoms with Crippen LogP contribution in [0.15, 0.2) is 18.2 Å². The first-order chi connectivity index (χ1) is 9.98. The van der Waals surface area contributed by atoms with Gasteiger partial charge < -0.3 is 4.74 Å². The van der Waals surface area contributed by atoms with Gasteiger partial charge >= 0.3 is 0 Å². The Hall–Kier alpha value is -0.570. The lowest BCUT2D eigenvalue weighted by molar-refractivity contribution is -0.149. The molecule has 0 aliphatic heterocycles. The summed E-state index contributed by atoms with van der Waals surface area (Å²) >= 11 is 12.4. The molecule has 1 aliphatic rings. The van der Waals surface area contributed by atoms with Gasteiger partial charge in [0, 0.05) is 23.1 Å². The number of carbonyl (C=O) groups is 1. The second-order valence-electron chi connectivity index (χ2n) is 5.91. The third-order valence-electron chi connectivity index (χ3n) is 4.41. The molecule has 0 atom stereocenters. The summed E-state index contributed by atoms with van der Waals surface area (Å²) in [6.07, 6.45) is 3.89. The highest BCUT2D eigenvalue weighted by Gasteiger charge is 2.41. The Labute approximate surface area is 136 Å². The number of Topliss-reactive ketones (excluding diaryl/α,β-unsaturated/α-hetero) is 1. The minimum atomic E-state index is -0.649. The quantitative estimate of drug-likeness (QED) is 0.752. The van der Waals surface area contributed by atoms with Gasteiger partial charge in [0.2, 0.25) is 0 Å². The Morgan fingerprint density at radius 1 is 1.29 bits per heavy atom. The SMILES string of the molecule is CCOC1(C(=O)Cc2c(Cl)cccc2Cl)CCC(C)CC1. The van der Waals surface area contributed by atoms with Crippen LogP contribution in [-0.2, 0) is 16.0 Å². The topological polar surface area (TPSA) is 26.3 Å². The number of carbonyl (C=O) groups excluding carboxylic acids is 1. The fraction of sp³-hybridized carbons (Fsp3) is 0.588. The lowest BCUT2D eigenvalue weighted by Gasteiger charge is -2.38. The van der Waals surface area contributed by atoms with Crippen LogP contribution in [0.3, 0.4) is 0 Å². The number of benzene rings is 1. The molecule has 0 spiro atoms. The highest BCUT2D eigenvalue weighted by atomic mass is 35.5. The Balaban J connectivity index is 2.20. The van der Waals surface area contributed by atoms with Crippen molar-refractivity contribution in [1.29, 1.82) is 0 Å². The molecule has 1 saturated carbocycles. The van der Waals surface area contributed by atoms with Crippen LogP contribution in [0.1, 0.15) is 45.1 Å². The van der Waals surface area contributed by atoms with Crippen molar-refractivity contribution < 1.29 is 9.53 Å². The summed E-state index contributed by atoms with van der Waals surface area (Å²) < 4.78 is 5.90. The molecule has 1 fully saturated rings. The van der Waals surface area contributed by atoms with Crippen LogP contribution < -0.4 is 0 Å². The third-order valence-corrected chi connectivity index (χ3v) is 5.12. The van der Waals surface area contributed by atoms with Crippen molar-refractivity contribution in [3.63, 3.8) is 0 Å². The van der Waals surface area contributed by atoms with E-state index in [0.717, 1.165) is 25.7 Å². The molecule has 0 heterocycles. The zero-order valence-electron chi connectivity index (χ0n) is 12.6. The number of halogens is 2. The van der Waals surface area contributed by atoms with Crippen molar-refractivity contribution in [3.05, 3.63) is 33.8 Å². The van der Waals surface area contributed by atoms with Gasteiger partial charge in [-0.25, -0.2) is 0 Å². The van der Waals surface area contributed by atoms with Gasteiger partial charge in [-0.05, 0) is 56.2 Å². The van der Waals surface area contributed by atoms with Crippen LogP contribution >= 0.6 is 23.2 Å². The molecule has 0 unspecified atom stereocenters. The van der Waals surface area contributed by atoms with E-state index >= 15 is 0 Å². The van der Waals surface area contributed by atoms with E-state index < -0.39 is 5.60 Å². The molecule has 0 saturated heterocycles. The van der Waals surface area contributed by atoms with E-state index in [1.54, 1.807) is 18.2 Å². The first-order valence-corrected chi connectivity index (χ1v) is 8.34. The lowest BCUT2D eigenvalue weighted by Crippen LogP contribution is -2.45. The van der Waals surface area contributed by atoms with Crippen LogP contribution in [0.4, 0.5) is 0 Å². The Morgan fingerprint density at radius 3 is 2.38 bits per heavy atom. The van der Waals surface area contributed by atoms with Crippen LogP contribution in [-0.4, -0.2) is 18.0 Å². The molecular weight excluding hydrogens is 307 g/mol. The Morgan fingerprint density at radius 2 is 1.86 bits per heavy atom. The monoisotopic (exact) mass is 328 g/mol. The van der Waals surface area contributed by atoms with Gasteiger partial charge in [0.15, 0.2) is 5.78 Å². The lowest BCUT2D eigenvalue weighted by atomic mass is 9.76. The van der Waals surface area contributed by atoms with Crippen molar-refractivity contribution in [2.24, 2.45) is 5.92 Å². The minimum absolute atomic E-state index is 0.103. The molecule has 0 N–H and O–H groups in total. The number of hydrogen-bond donors (Lipinski definition) is 0. The van der Waals surface area contributed by atoms with Gasteiger partial charge in [0.1, 0.15) is 5.60 Å². The second-order valence-corrected chi connectivity index (χ2v) is 6.72. The number of rotatable bonds is 5. The summed E-state index contributed by atoms with van der Waals surface area (Å²) in [5.74, 6) is 0.765. The Bertz CT molecular complexity index is 485. The van der Waals surface area contributed by atoms with E-state index in [1.807, 2.05) is 6.92 Å². The largest absolute Gasteiger partial charge is 0.367 e. The van der Waals surface area contributed by atoms with Crippen molar-refractivity contribution >= 4 is 29.0 Å². The van der Waals surface area contributed by atoms with E-state index in [9.17, 15) is 4.79 Å². The molecule has 2 nitrogen and oxygen atoms in total. The molecule has 0 amide bonds. The molecule has 21 heavy (non-hydrogen) atoms. The van der Waals surface area contributed by atoms with Crippen molar-refractivity contribution in [2.75, 3.05) is 6.61 Å². The predicted molar refractivity (Wildman–Crippen MR) is 87.2 cm³/mol. The van der Waals surface area contributed by atoms with E-state index in [2.05, 4.69) is 6.92 Å².